The zero-order chi connectivity index (χ0) is 19.0. The van der Waals surface area contributed by atoms with Gasteiger partial charge in [0.25, 0.3) is 0 Å². The summed E-state index contributed by atoms with van der Waals surface area (Å²) in [6.07, 6.45) is 17.6. The van der Waals surface area contributed by atoms with Gasteiger partial charge in [-0.05, 0) is 50.4 Å². The van der Waals surface area contributed by atoms with Crippen LogP contribution in [0.2, 0.25) is 0 Å². The molecule has 2 rings (SSSR count). The fraction of sp³-hybridized carbons (Fsp3) is 0.727. The lowest BCUT2D eigenvalue weighted by Gasteiger charge is -2.41. The summed E-state index contributed by atoms with van der Waals surface area (Å²) in [5.41, 5.74) is 0.548. The number of rotatable bonds is 11. The van der Waals surface area contributed by atoms with Crippen LogP contribution >= 0.6 is 0 Å². The van der Waals surface area contributed by atoms with E-state index in [1.54, 1.807) is 0 Å². The number of allylic oxidation sites excluding steroid dienone is 3. The molecule has 2 saturated carbocycles. The topological polar surface area (TPSA) is 74.6 Å². The number of carboxylic acids is 1. The molecular weight excluding hydrogens is 328 g/mol. The van der Waals surface area contributed by atoms with E-state index in [-0.39, 0.29) is 30.5 Å². The van der Waals surface area contributed by atoms with E-state index < -0.39 is 12.1 Å². The van der Waals surface area contributed by atoms with Gasteiger partial charge in [0.15, 0.2) is 0 Å². The summed E-state index contributed by atoms with van der Waals surface area (Å²) in [4.78, 5) is 22.7. The van der Waals surface area contributed by atoms with Crippen LogP contribution in [0.3, 0.4) is 0 Å². The molecule has 3 atom stereocenters. The SMILES string of the molecule is CCC1(CC/C=C/[C@H]2[C@H](O)CC(=O)[C@@H]2C/C=C\CCCC(=O)O)CCC1. The molecule has 2 aliphatic rings. The van der Waals surface area contributed by atoms with Gasteiger partial charge in [0.2, 0.25) is 0 Å². The smallest absolute Gasteiger partial charge is 0.303 e. The van der Waals surface area contributed by atoms with E-state index in [0.717, 1.165) is 12.8 Å². The number of aliphatic hydroxyl groups excluding tert-OH is 1. The van der Waals surface area contributed by atoms with Crippen molar-refractivity contribution in [2.24, 2.45) is 17.3 Å². The van der Waals surface area contributed by atoms with Crippen molar-refractivity contribution in [2.45, 2.75) is 83.7 Å². The Kier molecular flexibility index (Phi) is 8.08. The molecule has 4 nitrogen and oxygen atoms in total. The van der Waals surface area contributed by atoms with E-state index in [2.05, 4.69) is 19.1 Å². The second-order valence-corrected chi connectivity index (χ2v) is 8.09. The van der Waals surface area contributed by atoms with E-state index in [1.165, 1.54) is 32.1 Å². The van der Waals surface area contributed by atoms with Crippen molar-refractivity contribution in [3.63, 3.8) is 0 Å². The fourth-order valence-corrected chi connectivity index (χ4v) is 4.36. The normalized spacial score (nSPS) is 28.1. The van der Waals surface area contributed by atoms with E-state index in [0.29, 0.717) is 18.3 Å². The summed E-state index contributed by atoms with van der Waals surface area (Å²) in [5, 5.41) is 18.9. The van der Waals surface area contributed by atoms with Gasteiger partial charge in [-0.2, -0.15) is 0 Å². The Morgan fingerprint density at radius 2 is 2.00 bits per heavy atom. The fourth-order valence-electron chi connectivity index (χ4n) is 4.36. The van der Waals surface area contributed by atoms with Crippen molar-refractivity contribution < 1.29 is 19.8 Å². The van der Waals surface area contributed by atoms with Crippen LogP contribution in [0.1, 0.15) is 77.6 Å². The van der Waals surface area contributed by atoms with Gasteiger partial charge in [-0.25, -0.2) is 0 Å². The molecule has 0 heterocycles. The van der Waals surface area contributed by atoms with Crippen molar-refractivity contribution in [3.05, 3.63) is 24.3 Å². The number of carbonyl (C=O) groups excluding carboxylic acids is 1. The van der Waals surface area contributed by atoms with Gasteiger partial charge >= 0.3 is 5.97 Å². The van der Waals surface area contributed by atoms with Crippen LogP contribution < -0.4 is 0 Å². The summed E-state index contributed by atoms with van der Waals surface area (Å²) in [6.45, 7) is 2.28. The monoisotopic (exact) mass is 362 g/mol. The third-order valence-corrected chi connectivity index (χ3v) is 6.41. The average Bonchev–Trinajstić information content (AvgIpc) is 2.82. The summed E-state index contributed by atoms with van der Waals surface area (Å²) >= 11 is 0. The first-order valence-electron chi connectivity index (χ1n) is 10.2. The van der Waals surface area contributed by atoms with Crippen LogP contribution in [-0.2, 0) is 9.59 Å². The van der Waals surface area contributed by atoms with Gasteiger partial charge in [0.05, 0.1) is 6.10 Å². The van der Waals surface area contributed by atoms with Gasteiger partial charge in [-0.3, -0.25) is 9.59 Å². The van der Waals surface area contributed by atoms with Crippen molar-refractivity contribution in [3.8, 4) is 0 Å². The number of unbranched alkanes of at least 4 members (excludes halogenated alkanes) is 1. The lowest BCUT2D eigenvalue weighted by Crippen LogP contribution is -2.28. The highest BCUT2D eigenvalue weighted by Crippen LogP contribution is 2.47. The van der Waals surface area contributed by atoms with Crippen molar-refractivity contribution in [1.82, 2.24) is 0 Å². The predicted octanol–water partition coefficient (Wildman–Crippen LogP) is 4.67. The highest BCUT2D eigenvalue weighted by Gasteiger charge is 2.39. The van der Waals surface area contributed by atoms with Gasteiger partial charge in [0, 0.05) is 24.7 Å². The molecule has 26 heavy (non-hydrogen) atoms. The molecule has 0 amide bonds. The van der Waals surface area contributed by atoms with E-state index in [1.807, 2.05) is 12.2 Å². The van der Waals surface area contributed by atoms with Crippen LogP contribution in [0.25, 0.3) is 0 Å². The lowest BCUT2D eigenvalue weighted by molar-refractivity contribution is -0.137. The summed E-state index contributed by atoms with van der Waals surface area (Å²) in [7, 11) is 0. The molecule has 2 fully saturated rings. The molecule has 0 unspecified atom stereocenters. The number of aliphatic hydroxyl groups is 1. The number of hydrogen-bond donors (Lipinski definition) is 2. The summed E-state index contributed by atoms with van der Waals surface area (Å²) in [6, 6.07) is 0. The number of carboxylic acid groups (broad SMARTS) is 1. The average molecular weight is 363 g/mol. The van der Waals surface area contributed by atoms with Crippen LogP contribution in [0.5, 0.6) is 0 Å². The number of aliphatic carboxylic acids is 1. The minimum absolute atomic E-state index is 0.0786. The van der Waals surface area contributed by atoms with Gasteiger partial charge < -0.3 is 10.2 Å². The minimum atomic E-state index is -0.774. The second-order valence-electron chi connectivity index (χ2n) is 8.09. The standard InChI is InChI=1S/C22H34O4/c1-2-22(14-9-15-22)13-8-7-11-18-17(19(23)16-20(18)24)10-5-3-4-6-12-21(25)26/h3,5,7,11,17-18,20,24H,2,4,6,8-10,12-16H2,1H3,(H,25,26)/b5-3-,11-7+/t17-,18-,20-/m1/s1. The quantitative estimate of drug-likeness (QED) is 0.414. The molecule has 0 saturated heterocycles. The number of hydrogen-bond acceptors (Lipinski definition) is 3. The number of carbonyl (C=O) groups is 2. The Morgan fingerprint density at radius 3 is 2.62 bits per heavy atom. The zero-order valence-electron chi connectivity index (χ0n) is 16.0. The van der Waals surface area contributed by atoms with Crippen LogP contribution in [-0.4, -0.2) is 28.1 Å². The highest BCUT2D eigenvalue weighted by molar-refractivity contribution is 5.84. The Morgan fingerprint density at radius 1 is 1.23 bits per heavy atom. The summed E-state index contributed by atoms with van der Waals surface area (Å²) in [5.74, 6) is -0.846. The molecular formula is C22H34O4. The predicted molar refractivity (Wildman–Crippen MR) is 103 cm³/mol. The molecule has 0 spiro atoms. The van der Waals surface area contributed by atoms with Crippen LogP contribution in [0.15, 0.2) is 24.3 Å². The molecule has 0 aliphatic heterocycles. The lowest BCUT2D eigenvalue weighted by atomic mass is 9.64. The molecule has 0 aromatic rings. The van der Waals surface area contributed by atoms with Crippen molar-refractivity contribution >= 4 is 11.8 Å². The number of Topliss-reactive ketones (excluding diaryl/α,β-unsaturated/α-hetero) is 1. The maximum Gasteiger partial charge on any atom is 0.303 e. The van der Waals surface area contributed by atoms with Gasteiger partial charge in [-0.15, -0.1) is 0 Å². The highest BCUT2D eigenvalue weighted by atomic mass is 16.4. The largest absolute Gasteiger partial charge is 0.481 e. The molecule has 0 aromatic carbocycles. The Bertz CT molecular complexity index is 525. The first-order chi connectivity index (χ1) is 12.5. The Balaban J connectivity index is 1.78. The van der Waals surface area contributed by atoms with Gasteiger partial charge in [0.1, 0.15) is 5.78 Å². The van der Waals surface area contributed by atoms with Crippen LogP contribution in [0.4, 0.5) is 0 Å². The van der Waals surface area contributed by atoms with Crippen molar-refractivity contribution in [1.29, 1.82) is 0 Å². The van der Waals surface area contributed by atoms with E-state index in [4.69, 9.17) is 5.11 Å². The molecule has 0 radical (unpaired) electrons. The third-order valence-electron chi connectivity index (χ3n) is 6.41. The Hall–Kier alpha value is -1.42. The maximum atomic E-state index is 12.2. The van der Waals surface area contributed by atoms with Crippen LogP contribution in [0, 0.1) is 17.3 Å². The molecule has 2 aliphatic carbocycles. The molecule has 4 heteroatoms. The third kappa shape index (κ3) is 5.80. The molecule has 0 aromatic heterocycles. The maximum absolute atomic E-state index is 12.2. The van der Waals surface area contributed by atoms with Crippen molar-refractivity contribution in [2.75, 3.05) is 0 Å². The molecule has 2 N–H and O–H groups in total. The van der Waals surface area contributed by atoms with E-state index in [9.17, 15) is 14.7 Å². The van der Waals surface area contributed by atoms with Gasteiger partial charge in [-0.1, -0.05) is 44.1 Å². The molecule has 146 valence electrons. The molecule has 0 bridgehead atoms. The first-order valence-corrected chi connectivity index (χ1v) is 10.2. The number of ketones is 1. The van der Waals surface area contributed by atoms with E-state index >= 15 is 0 Å². The zero-order valence-corrected chi connectivity index (χ0v) is 16.0. The first kappa shape index (κ1) is 20.9. The summed E-state index contributed by atoms with van der Waals surface area (Å²) < 4.78 is 0. The Labute approximate surface area is 157 Å². The minimum Gasteiger partial charge on any atom is -0.481 e. The second kappa shape index (κ2) is 10.1.